The number of ether oxygens (including phenoxy) is 1. The molecular formula is C22H37NO3. The second kappa shape index (κ2) is 11.6. The number of rotatable bonds is 13. The van der Waals surface area contributed by atoms with Gasteiger partial charge in [-0.05, 0) is 44.4 Å². The maximum atomic E-state index is 10.7. The first-order chi connectivity index (χ1) is 12.6. The van der Waals surface area contributed by atoms with Crippen molar-refractivity contribution in [2.45, 2.75) is 95.9 Å². The predicted molar refractivity (Wildman–Crippen MR) is 106 cm³/mol. The van der Waals surface area contributed by atoms with E-state index >= 15 is 0 Å². The lowest BCUT2D eigenvalue weighted by Gasteiger charge is -2.25. The number of allylic oxidation sites excluding steroid dienone is 2. The number of unbranched alkanes of at least 4 members (excludes halogenated alkanes) is 4. The zero-order chi connectivity index (χ0) is 18.8. The van der Waals surface area contributed by atoms with Gasteiger partial charge < -0.3 is 15.6 Å². The number of primary amides is 1. The van der Waals surface area contributed by atoms with E-state index in [4.69, 9.17) is 10.5 Å². The van der Waals surface area contributed by atoms with Crippen molar-refractivity contribution in [2.75, 3.05) is 0 Å². The maximum absolute atomic E-state index is 10.7. The van der Waals surface area contributed by atoms with E-state index in [2.05, 4.69) is 25.2 Å². The van der Waals surface area contributed by atoms with Crippen LogP contribution in [0.5, 0.6) is 0 Å². The van der Waals surface area contributed by atoms with E-state index < -0.39 is 0 Å². The SMILES string of the molecule is CCCCCCC(O)C=CC1C2CCC(O2)C1CC=CCCCC(N)=O. The van der Waals surface area contributed by atoms with E-state index in [0.29, 0.717) is 30.5 Å². The molecule has 2 aliphatic rings. The minimum atomic E-state index is -0.323. The smallest absolute Gasteiger partial charge is 0.217 e. The number of carbonyl (C=O) groups is 1. The van der Waals surface area contributed by atoms with Crippen LogP contribution in [0.4, 0.5) is 0 Å². The average Bonchev–Trinajstić information content (AvgIpc) is 3.21. The highest BCUT2D eigenvalue weighted by atomic mass is 16.5. The lowest BCUT2D eigenvalue weighted by atomic mass is 9.77. The Morgan fingerprint density at radius 2 is 2.00 bits per heavy atom. The van der Waals surface area contributed by atoms with Crippen LogP contribution in [0.2, 0.25) is 0 Å². The van der Waals surface area contributed by atoms with Crippen LogP contribution in [0.15, 0.2) is 24.3 Å². The Morgan fingerprint density at radius 1 is 1.19 bits per heavy atom. The molecule has 2 aliphatic heterocycles. The molecule has 0 aromatic heterocycles. The number of amides is 1. The standard InChI is InChI=1S/C22H37NO3/c1-2-3-4-7-10-17(24)13-14-19-18(20-15-16-21(19)26-20)11-8-5-6-9-12-22(23)25/h5,8,13-14,17-21,24H,2-4,6-7,9-12,15-16H2,1H3,(H2,23,25). The maximum Gasteiger partial charge on any atom is 0.217 e. The summed E-state index contributed by atoms with van der Waals surface area (Å²) in [5.74, 6) is 0.720. The van der Waals surface area contributed by atoms with Crippen LogP contribution in [0.3, 0.4) is 0 Å². The van der Waals surface area contributed by atoms with Crippen LogP contribution in [-0.4, -0.2) is 29.3 Å². The molecule has 3 N–H and O–H groups in total. The van der Waals surface area contributed by atoms with Gasteiger partial charge in [-0.1, -0.05) is 56.9 Å². The Morgan fingerprint density at radius 3 is 2.77 bits per heavy atom. The summed E-state index contributed by atoms with van der Waals surface area (Å²) in [5.41, 5.74) is 5.16. The highest BCUT2D eigenvalue weighted by Gasteiger charge is 2.46. The minimum absolute atomic E-state index is 0.224. The van der Waals surface area contributed by atoms with Crippen LogP contribution in [0, 0.1) is 11.8 Å². The molecular weight excluding hydrogens is 326 g/mol. The number of fused-ring (bicyclic) bond motifs is 2. The third-order valence-corrected chi connectivity index (χ3v) is 5.76. The Bertz CT molecular complexity index is 474. The third-order valence-electron chi connectivity index (χ3n) is 5.76. The Labute approximate surface area is 158 Å². The monoisotopic (exact) mass is 363 g/mol. The lowest BCUT2D eigenvalue weighted by molar-refractivity contribution is -0.118. The van der Waals surface area contributed by atoms with Gasteiger partial charge in [0.25, 0.3) is 0 Å². The molecule has 4 nitrogen and oxygen atoms in total. The molecule has 2 rings (SSSR count). The summed E-state index contributed by atoms with van der Waals surface area (Å²) >= 11 is 0. The molecule has 148 valence electrons. The Hall–Kier alpha value is -1.13. The average molecular weight is 364 g/mol. The summed E-state index contributed by atoms with van der Waals surface area (Å²) in [5, 5.41) is 10.2. The molecule has 0 aromatic carbocycles. The number of hydrogen-bond donors (Lipinski definition) is 2. The van der Waals surface area contributed by atoms with E-state index in [0.717, 1.165) is 44.9 Å². The minimum Gasteiger partial charge on any atom is -0.389 e. The van der Waals surface area contributed by atoms with E-state index in [1.54, 1.807) is 0 Å². The molecule has 2 fully saturated rings. The summed E-state index contributed by atoms with van der Waals surface area (Å²) in [6.07, 6.45) is 20.2. The van der Waals surface area contributed by atoms with Crippen LogP contribution in [0.1, 0.15) is 77.6 Å². The molecule has 5 unspecified atom stereocenters. The summed E-state index contributed by atoms with van der Waals surface area (Å²) in [6.45, 7) is 2.21. The largest absolute Gasteiger partial charge is 0.389 e. The molecule has 1 amide bonds. The topological polar surface area (TPSA) is 72.6 Å². The molecule has 0 radical (unpaired) electrons. The summed E-state index contributed by atoms with van der Waals surface area (Å²) in [4.78, 5) is 10.7. The van der Waals surface area contributed by atoms with Crippen molar-refractivity contribution >= 4 is 5.91 Å². The second-order valence-corrected chi connectivity index (χ2v) is 7.90. The van der Waals surface area contributed by atoms with Crippen molar-refractivity contribution in [1.82, 2.24) is 0 Å². The van der Waals surface area contributed by atoms with Crippen molar-refractivity contribution in [1.29, 1.82) is 0 Å². The van der Waals surface area contributed by atoms with Crippen LogP contribution >= 0.6 is 0 Å². The zero-order valence-corrected chi connectivity index (χ0v) is 16.3. The van der Waals surface area contributed by atoms with Crippen LogP contribution in [0.25, 0.3) is 0 Å². The summed E-state index contributed by atoms with van der Waals surface area (Å²) in [6, 6.07) is 0. The van der Waals surface area contributed by atoms with Crippen LogP contribution in [-0.2, 0) is 9.53 Å². The van der Waals surface area contributed by atoms with Gasteiger partial charge in [0, 0.05) is 12.3 Å². The van der Waals surface area contributed by atoms with Gasteiger partial charge in [0.15, 0.2) is 0 Å². The first-order valence-electron chi connectivity index (χ1n) is 10.6. The third kappa shape index (κ3) is 6.88. The van der Waals surface area contributed by atoms with E-state index in [9.17, 15) is 9.90 Å². The Balaban J connectivity index is 1.75. The quantitative estimate of drug-likeness (QED) is 0.379. The fraction of sp³-hybridized carbons (Fsp3) is 0.773. The molecule has 0 aromatic rings. The number of carbonyl (C=O) groups excluding carboxylic acids is 1. The predicted octanol–water partition coefficient (Wildman–Crippen LogP) is 4.27. The number of hydrogen-bond acceptors (Lipinski definition) is 3. The lowest BCUT2D eigenvalue weighted by Crippen LogP contribution is -2.25. The zero-order valence-electron chi connectivity index (χ0n) is 16.3. The van der Waals surface area contributed by atoms with Gasteiger partial charge in [-0.2, -0.15) is 0 Å². The van der Waals surface area contributed by atoms with Crippen molar-refractivity contribution in [2.24, 2.45) is 17.6 Å². The highest BCUT2D eigenvalue weighted by molar-refractivity contribution is 5.73. The van der Waals surface area contributed by atoms with Gasteiger partial charge >= 0.3 is 0 Å². The number of nitrogens with two attached hydrogens (primary N) is 1. The molecule has 0 spiro atoms. The van der Waals surface area contributed by atoms with E-state index in [1.807, 2.05) is 6.08 Å². The van der Waals surface area contributed by atoms with Gasteiger partial charge in [0.2, 0.25) is 5.91 Å². The normalized spacial score (nSPS) is 29.2. The molecule has 5 atom stereocenters. The van der Waals surface area contributed by atoms with E-state index in [1.165, 1.54) is 19.3 Å². The first kappa shape index (κ1) is 21.2. The fourth-order valence-electron chi connectivity index (χ4n) is 4.28. The van der Waals surface area contributed by atoms with Crippen molar-refractivity contribution in [3.8, 4) is 0 Å². The van der Waals surface area contributed by atoms with Gasteiger partial charge in [-0.15, -0.1) is 0 Å². The van der Waals surface area contributed by atoms with Gasteiger partial charge in [0.1, 0.15) is 0 Å². The van der Waals surface area contributed by atoms with Crippen molar-refractivity contribution < 1.29 is 14.6 Å². The van der Waals surface area contributed by atoms with Crippen molar-refractivity contribution in [3.63, 3.8) is 0 Å². The molecule has 4 heteroatoms. The highest BCUT2D eigenvalue weighted by Crippen LogP contribution is 2.45. The Kier molecular flexibility index (Phi) is 9.41. The number of aliphatic hydroxyl groups excluding tert-OH is 1. The molecule has 0 saturated carbocycles. The molecule has 2 saturated heterocycles. The van der Waals surface area contributed by atoms with Gasteiger partial charge in [-0.25, -0.2) is 0 Å². The number of aliphatic hydroxyl groups is 1. The second-order valence-electron chi connectivity index (χ2n) is 7.90. The molecule has 26 heavy (non-hydrogen) atoms. The summed E-state index contributed by atoms with van der Waals surface area (Å²) in [7, 11) is 0. The fourth-order valence-corrected chi connectivity index (χ4v) is 4.28. The molecule has 0 aliphatic carbocycles. The van der Waals surface area contributed by atoms with Gasteiger partial charge in [0.05, 0.1) is 18.3 Å². The first-order valence-corrected chi connectivity index (χ1v) is 10.6. The summed E-state index contributed by atoms with van der Waals surface area (Å²) < 4.78 is 6.12. The van der Waals surface area contributed by atoms with Crippen molar-refractivity contribution in [3.05, 3.63) is 24.3 Å². The molecule has 2 bridgehead atoms. The molecule has 2 heterocycles. The van der Waals surface area contributed by atoms with E-state index in [-0.39, 0.29) is 12.0 Å². The van der Waals surface area contributed by atoms with Gasteiger partial charge in [-0.3, -0.25) is 4.79 Å². The van der Waals surface area contributed by atoms with Crippen LogP contribution < -0.4 is 5.73 Å².